The first-order chi connectivity index (χ1) is 7.27. The smallest absolute Gasteiger partial charge is 0.303 e. The number of nitrogens with one attached hydrogen (secondary N) is 1. The molecule has 1 aromatic rings. The fourth-order valence-corrected chi connectivity index (χ4v) is 2.14. The second kappa shape index (κ2) is 4.45. The Labute approximate surface area is 89.1 Å². The Bertz CT molecular complexity index is 362. The zero-order valence-electron chi connectivity index (χ0n) is 8.57. The maximum absolute atomic E-state index is 10.5. The summed E-state index contributed by atoms with van der Waals surface area (Å²) in [5.74, 6) is -0.357. The van der Waals surface area contributed by atoms with Gasteiger partial charge in [-0.2, -0.15) is 0 Å². The Morgan fingerprint density at radius 3 is 3.07 bits per heavy atom. The summed E-state index contributed by atoms with van der Waals surface area (Å²) in [6, 6.07) is 8.27. The fourth-order valence-electron chi connectivity index (χ4n) is 2.14. The molecule has 0 amide bonds. The van der Waals surface area contributed by atoms with Crippen molar-refractivity contribution in [2.75, 3.05) is 6.54 Å². The van der Waals surface area contributed by atoms with E-state index >= 15 is 0 Å². The topological polar surface area (TPSA) is 49.3 Å². The van der Waals surface area contributed by atoms with Crippen LogP contribution in [0.2, 0.25) is 0 Å². The van der Waals surface area contributed by atoms with Gasteiger partial charge in [0.2, 0.25) is 0 Å². The maximum Gasteiger partial charge on any atom is 0.303 e. The summed E-state index contributed by atoms with van der Waals surface area (Å²) in [4.78, 5) is 10.5. The van der Waals surface area contributed by atoms with Crippen molar-refractivity contribution in [3.05, 3.63) is 35.4 Å². The molecule has 0 radical (unpaired) electrons. The van der Waals surface area contributed by atoms with Gasteiger partial charge in [0.1, 0.15) is 0 Å². The molecule has 1 aliphatic heterocycles. The molecular formula is C12H15NO2. The molecule has 0 saturated heterocycles. The summed E-state index contributed by atoms with van der Waals surface area (Å²) < 4.78 is 0. The number of fused-ring (bicyclic) bond motifs is 1. The molecule has 3 heteroatoms. The van der Waals surface area contributed by atoms with E-state index in [-0.39, 0.29) is 6.42 Å². The average molecular weight is 205 g/mol. The van der Waals surface area contributed by atoms with E-state index in [9.17, 15) is 4.79 Å². The van der Waals surface area contributed by atoms with Gasteiger partial charge >= 0.3 is 5.97 Å². The van der Waals surface area contributed by atoms with Crippen LogP contribution < -0.4 is 5.32 Å². The van der Waals surface area contributed by atoms with E-state index in [1.807, 2.05) is 12.1 Å². The van der Waals surface area contributed by atoms with Crippen molar-refractivity contribution in [3.8, 4) is 0 Å². The van der Waals surface area contributed by atoms with Crippen LogP contribution in [-0.2, 0) is 11.3 Å². The minimum absolute atomic E-state index is 0.251. The van der Waals surface area contributed by atoms with Crippen molar-refractivity contribution < 1.29 is 9.90 Å². The van der Waals surface area contributed by atoms with Crippen molar-refractivity contribution in [1.29, 1.82) is 0 Å². The van der Waals surface area contributed by atoms with Crippen LogP contribution in [0.3, 0.4) is 0 Å². The van der Waals surface area contributed by atoms with Crippen LogP contribution in [0.1, 0.15) is 29.9 Å². The van der Waals surface area contributed by atoms with Gasteiger partial charge in [-0.05, 0) is 23.5 Å². The molecule has 0 bridgehead atoms. The highest BCUT2D eigenvalue weighted by atomic mass is 16.4. The lowest BCUT2D eigenvalue weighted by Crippen LogP contribution is -2.28. The third kappa shape index (κ3) is 2.36. The molecule has 1 unspecified atom stereocenters. The number of carbonyl (C=O) groups is 1. The predicted octanol–water partition coefficient (Wildman–Crippen LogP) is 1.74. The van der Waals surface area contributed by atoms with Crippen molar-refractivity contribution in [2.45, 2.75) is 25.3 Å². The van der Waals surface area contributed by atoms with Crippen LogP contribution >= 0.6 is 0 Å². The summed E-state index contributed by atoms with van der Waals surface area (Å²) in [7, 11) is 0. The van der Waals surface area contributed by atoms with Gasteiger partial charge < -0.3 is 10.4 Å². The number of hydrogen-bond donors (Lipinski definition) is 2. The highest BCUT2D eigenvalue weighted by Gasteiger charge is 2.19. The molecule has 1 aromatic carbocycles. The van der Waals surface area contributed by atoms with Gasteiger partial charge in [0.05, 0.1) is 0 Å². The number of carboxylic acid groups (broad SMARTS) is 1. The summed E-state index contributed by atoms with van der Waals surface area (Å²) in [6.45, 7) is 1.80. The first-order valence-corrected chi connectivity index (χ1v) is 5.27. The highest BCUT2D eigenvalue weighted by molar-refractivity contribution is 5.66. The van der Waals surface area contributed by atoms with Crippen LogP contribution in [-0.4, -0.2) is 17.6 Å². The lowest BCUT2D eigenvalue weighted by molar-refractivity contribution is -0.137. The highest BCUT2D eigenvalue weighted by Crippen LogP contribution is 2.27. The number of aliphatic carboxylic acids is 1. The molecule has 3 nitrogen and oxygen atoms in total. The molecule has 0 aromatic heterocycles. The van der Waals surface area contributed by atoms with Gasteiger partial charge in [-0.15, -0.1) is 0 Å². The molecule has 0 saturated carbocycles. The number of carboxylic acids is 1. The minimum atomic E-state index is -0.710. The van der Waals surface area contributed by atoms with Crippen LogP contribution in [0.4, 0.5) is 0 Å². The normalized spacial score (nSPS) is 19.6. The monoisotopic (exact) mass is 205 g/mol. The second-order valence-corrected chi connectivity index (χ2v) is 3.96. The molecular weight excluding hydrogens is 190 g/mol. The lowest BCUT2D eigenvalue weighted by Gasteiger charge is -2.25. The van der Waals surface area contributed by atoms with Crippen molar-refractivity contribution in [1.82, 2.24) is 5.32 Å². The SMILES string of the molecule is O=C(O)CCC1CNCc2ccccc21. The molecule has 0 aliphatic carbocycles. The molecule has 2 N–H and O–H groups in total. The largest absolute Gasteiger partial charge is 0.481 e. The second-order valence-electron chi connectivity index (χ2n) is 3.96. The van der Waals surface area contributed by atoms with Crippen molar-refractivity contribution in [2.24, 2.45) is 0 Å². The third-order valence-corrected chi connectivity index (χ3v) is 2.91. The van der Waals surface area contributed by atoms with Crippen LogP contribution in [0.5, 0.6) is 0 Å². The molecule has 15 heavy (non-hydrogen) atoms. The predicted molar refractivity (Wildman–Crippen MR) is 57.8 cm³/mol. The average Bonchev–Trinajstić information content (AvgIpc) is 2.26. The summed E-state index contributed by atoms with van der Waals surface area (Å²) in [6.07, 6.45) is 0.972. The summed E-state index contributed by atoms with van der Waals surface area (Å²) in [5.41, 5.74) is 2.62. The standard InChI is InChI=1S/C12H15NO2/c14-12(15)6-5-10-8-13-7-9-3-1-2-4-11(9)10/h1-4,10,13H,5-8H2,(H,14,15). The third-order valence-electron chi connectivity index (χ3n) is 2.91. The van der Waals surface area contributed by atoms with Gasteiger partial charge in [-0.25, -0.2) is 0 Å². The molecule has 1 atom stereocenters. The van der Waals surface area contributed by atoms with Crippen LogP contribution in [0.15, 0.2) is 24.3 Å². The Kier molecular flexibility index (Phi) is 3.02. The quantitative estimate of drug-likeness (QED) is 0.790. The van der Waals surface area contributed by atoms with Gasteiger partial charge in [0.15, 0.2) is 0 Å². The summed E-state index contributed by atoms with van der Waals surface area (Å²) >= 11 is 0. The molecule has 0 fully saturated rings. The van der Waals surface area contributed by atoms with E-state index in [1.165, 1.54) is 11.1 Å². The zero-order chi connectivity index (χ0) is 10.7. The minimum Gasteiger partial charge on any atom is -0.481 e. The van der Waals surface area contributed by atoms with E-state index in [0.717, 1.165) is 19.5 Å². The van der Waals surface area contributed by atoms with Crippen LogP contribution in [0.25, 0.3) is 0 Å². The zero-order valence-corrected chi connectivity index (χ0v) is 8.57. The van der Waals surface area contributed by atoms with Gasteiger partial charge in [0, 0.05) is 19.5 Å². The molecule has 1 aliphatic rings. The van der Waals surface area contributed by atoms with Gasteiger partial charge in [-0.3, -0.25) is 4.79 Å². The van der Waals surface area contributed by atoms with Gasteiger partial charge in [-0.1, -0.05) is 24.3 Å². The molecule has 2 rings (SSSR count). The van der Waals surface area contributed by atoms with E-state index in [4.69, 9.17) is 5.11 Å². The fraction of sp³-hybridized carbons (Fsp3) is 0.417. The maximum atomic E-state index is 10.5. The Morgan fingerprint density at radius 2 is 2.27 bits per heavy atom. The first-order valence-electron chi connectivity index (χ1n) is 5.27. The molecule has 1 heterocycles. The van der Waals surface area contributed by atoms with Crippen molar-refractivity contribution in [3.63, 3.8) is 0 Å². The molecule has 80 valence electrons. The Balaban J connectivity index is 2.11. The first kappa shape index (κ1) is 10.2. The van der Waals surface area contributed by atoms with E-state index in [2.05, 4.69) is 17.4 Å². The Hall–Kier alpha value is -1.35. The lowest BCUT2D eigenvalue weighted by atomic mass is 9.88. The summed E-state index contributed by atoms with van der Waals surface area (Å²) in [5, 5.41) is 12.0. The number of hydrogen-bond acceptors (Lipinski definition) is 2. The van der Waals surface area contributed by atoms with Crippen molar-refractivity contribution >= 4 is 5.97 Å². The molecule has 0 spiro atoms. The number of rotatable bonds is 3. The Morgan fingerprint density at radius 1 is 1.47 bits per heavy atom. The van der Waals surface area contributed by atoms with E-state index in [0.29, 0.717) is 5.92 Å². The van der Waals surface area contributed by atoms with Crippen LogP contribution in [0, 0.1) is 0 Å². The van der Waals surface area contributed by atoms with E-state index < -0.39 is 5.97 Å². The number of benzene rings is 1. The van der Waals surface area contributed by atoms with E-state index in [1.54, 1.807) is 0 Å². The van der Waals surface area contributed by atoms with Gasteiger partial charge in [0.25, 0.3) is 0 Å².